The summed E-state index contributed by atoms with van der Waals surface area (Å²) >= 11 is 0. The molecule has 11 heteroatoms. The summed E-state index contributed by atoms with van der Waals surface area (Å²) in [5.74, 6) is 0.976. The molecule has 4 N–H and O–H groups in total. The molecule has 224 valence electrons. The van der Waals surface area contributed by atoms with Crippen LogP contribution in [0, 0.1) is 12.8 Å². The summed E-state index contributed by atoms with van der Waals surface area (Å²) in [5.41, 5.74) is 7.70. The lowest BCUT2D eigenvalue weighted by Crippen LogP contribution is -2.52. The standard InChI is InChI=1S/C31H38N4O7/c1-20-27(34-30(42-20)23-11-7-13-25(15-23)39-2)19-40-17-22-10-6-12-24(14-22)33-29(37)26(16-28(32)36)35-31(38)41-18-21-8-4-3-5-9-21/h3-5,7-9,11,13,15,22,24,26H,6,10,12,14,16-19H2,1-2H3,(H2,32,36)(H,33,37)(H,35,38). The van der Waals surface area contributed by atoms with Gasteiger partial charge in [-0.3, -0.25) is 9.59 Å². The molecule has 42 heavy (non-hydrogen) atoms. The maximum atomic E-state index is 13.0. The Morgan fingerprint density at radius 1 is 1.10 bits per heavy atom. The molecule has 3 atom stereocenters. The zero-order valence-corrected chi connectivity index (χ0v) is 24.0. The Morgan fingerprint density at radius 3 is 2.67 bits per heavy atom. The van der Waals surface area contributed by atoms with Gasteiger partial charge in [0.15, 0.2) is 0 Å². The fourth-order valence-electron chi connectivity index (χ4n) is 4.96. The van der Waals surface area contributed by atoms with Gasteiger partial charge in [0.25, 0.3) is 0 Å². The number of hydrogen-bond donors (Lipinski definition) is 3. The monoisotopic (exact) mass is 578 g/mol. The van der Waals surface area contributed by atoms with Gasteiger partial charge in [0.1, 0.15) is 29.9 Å². The number of carbonyl (C=O) groups excluding carboxylic acids is 3. The highest BCUT2D eigenvalue weighted by Crippen LogP contribution is 2.27. The Kier molecular flexibility index (Phi) is 10.9. The number of amides is 3. The smallest absolute Gasteiger partial charge is 0.408 e. The molecular weight excluding hydrogens is 540 g/mol. The van der Waals surface area contributed by atoms with Crippen LogP contribution in [0.2, 0.25) is 0 Å². The van der Waals surface area contributed by atoms with Gasteiger partial charge in [-0.15, -0.1) is 0 Å². The van der Waals surface area contributed by atoms with Crippen LogP contribution in [0.1, 0.15) is 49.1 Å². The van der Waals surface area contributed by atoms with Crippen LogP contribution in [0.3, 0.4) is 0 Å². The number of oxazole rings is 1. The van der Waals surface area contributed by atoms with Crippen molar-refractivity contribution in [2.75, 3.05) is 13.7 Å². The van der Waals surface area contributed by atoms with Crippen LogP contribution in [0.4, 0.5) is 4.79 Å². The number of rotatable bonds is 13. The minimum absolute atomic E-state index is 0.0398. The molecule has 1 heterocycles. The first-order valence-electron chi connectivity index (χ1n) is 14.0. The number of aryl methyl sites for hydroxylation is 1. The summed E-state index contributed by atoms with van der Waals surface area (Å²) in [6.07, 6.45) is 2.24. The van der Waals surface area contributed by atoms with E-state index in [1.165, 1.54) is 0 Å². The van der Waals surface area contributed by atoms with E-state index in [1.54, 1.807) is 7.11 Å². The van der Waals surface area contributed by atoms with Crippen molar-refractivity contribution in [2.24, 2.45) is 11.7 Å². The van der Waals surface area contributed by atoms with Crippen molar-refractivity contribution < 1.29 is 33.0 Å². The van der Waals surface area contributed by atoms with Crippen molar-refractivity contribution in [3.8, 4) is 17.2 Å². The fourth-order valence-corrected chi connectivity index (χ4v) is 4.96. The Bertz CT molecular complexity index is 1340. The average molecular weight is 579 g/mol. The van der Waals surface area contributed by atoms with E-state index in [2.05, 4.69) is 15.6 Å². The molecule has 0 radical (unpaired) electrons. The van der Waals surface area contributed by atoms with Gasteiger partial charge in [0.2, 0.25) is 17.7 Å². The summed E-state index contributed by atoms with van der Waals surface area (Å²) in [7, 11) is 1.61. The number of alkyl carbamates (subject to hydrolysis) is 1. The second-order valence-electron chi connectivity index (χ2n) is 10.4. The van der Waals surface area contributed by atoms with E-state index >= 15 is 0 Å². The van der Waals surface area contributed by atoms with Gasteiger partial charge in [-0.05, 0) is 55.9 Å². The molecule has 1 fully saturated rings. The highest BCUT2D eigenvalue weighted by molar-refractivity contribution is 5.90. The van der Waals surface area contributed by atoms with Gasteiger partial charge in [-0.25, -0.2) is 9.78 Å². The van der Waals surface area contributed by atoms with E-state index in [0.29, 0.717) is 31.3 Å². The quantitative estimate of drug-likeness (QED) is 0.275. The molecule has 3 amide bonds. The van der Waals surface area contributed by atoms with Crippen molar-refractivity contribution in [1.29, 1.82) is 0 Å². The Morgan fingerprint density at radius 2 is 1.90 bits per heavy atom. The normalized spacial score (nSPS) is 17.2. The summed E-state index contributed by atoms with van der Waals surface area (Å²) in [6.45, 7) is 2.71. The van der Waals surface area contributed by atoms with Crippen molar-refractivity contribution in [1.82, 2.24) is 15.6 Å². The predicted octanol–water partition coefficient (Wildman–Crippen LogP) is 4.02. The Balaban J connectivity index is 1.25. The number of methoxy groups -OCH3 is 1. The van der Waals surface area contributed by atoms with Crippen molar-refractivity contribution in [3.63, 3.8) is 0 Å². The van der Waals surface area contributed by atoms with E-state index in [0.717, 1.165) is 41.8 Å². The number of benzene rings is 2. The molecule has 1 aliphatic rings. The number of nitrogens with zero attached hydrogens (tertiary/aromatic N) is 1. The third-order valence-electron chi connectivity index (χ3n) is 7.16. The number of carbonyl (C=O) groups is 3. The summed E-state index contributed by atoms with van der Waals surface area (Å²) < 4.78 is 22.4. The van der Waals surface area contributed by atoms with Crippen molar-refractivity contribution >= 4 is 17.9 Å². The minimum atomic E-state index is -1.13. The maximum Gasteiger partial charge on any atom is 0.408 e. The van der Waals surface area contributed by atoms with Crippen LogP contribution >= 0.6 is 0 Å². The molecule has 0 saturated heterocycles. The second kappa shape index (κ2) is 15.0. The van der Waals surface area contributed by atoms with Crippen molar-refractivity contribution in [3.05, 3.63) is 71.6 Å². The lowest BCUT2D eigenvalue weighted by Gasteiger charge is -2.30. The Hall–Kier alpha value is -4.38. The second-order valence-corrected chi connectivity index (χ2v) is 10.4. The van der Waals surface area contributed by atoms with E-state index in [4.69, 9.17) is 24.4 Å². The molecule has 2 aromatic carbocycles. The van der Waals surface area contributed by atoms with Gasteiger partial charge in [-0.2, -0.15) is 0 Å². The highest BCUT2D eigenvalue weighted by atomic mass is 16.5. The summed E-state index contributed by atoms with van der Waals surface area (Å²) in [6, 6.07) is 15.4. The number of hydrogen-bond acceptors (Lipinski definition) is 8. The minimum Gasteiger partial charge on any atom is -0.497 e. The third-order valence-corrected chi connectivity index (χ3v) is 7.16. The molecule has 4 rings (SSSR count). The third kappa shape index (κ3) is 9.07. The zero-order valence-electron chi connectivity index (χ0n) is 24.0. The first-order valence-corrected chi connectivity index (χ1v) is 14.0. The van der Waals surface area contributed by atoms with Gasteiger partial charge in [-0.1, -0.05) is 42.8 Å². The first-order chi connectivity index (χ1) is 20.3. The van der Waals surface area contributed by atoms with E-state index < -0.39 is 23.9 Å². The van der Waals surface area contributed by atoms with Crippen LogP contribution in [-0.2, 0) is 32.3 Å². The number of ether oxygens (including phenoxy) is 3. The number of nitrogens with two attached hydrogens (primary N) is 1. The number of aromatic nitrogens is 1. The maximum absolute atomic E-state index is 13.0. The molecule has 3 unspecified atom stereocenters. The summed E-state index contributed by atoms with van der Waals surface area (Å²) in [4.78, 5) is 41.5. The van der Waals surface area contributed by atoms with Crippen molar-refractivity contribution in [2.45, 2.75) is 64.3 Å². The Labute approximate surface area is 245 Å². The number of nitrogens with one attached hydrogen (secondary N) is 2. The summed E-state index contributed by atoms with van der Waals surface area (Å²) in [5, 5.41) is 5.45. The van der Waals surface area contributed by atoms with Gasteiger partial charge >= 0.3 is 6.09 Å². The van der Waals surface area contributed by atoms with Crippen LogP contribution in [0.25, 0.3) is 11.5 Å². The molecule has 1 saturated carbocycles. The molecule has 3 aromatic rings. The van der Waals surface area contributed by atoms with Crippen LogP contribution in [0.15, 0.2) is 59.0 Å². The molecule has 0 aliphatic heterocycles. The largest absolute Gasteiger partial charge is 0.497 e. The SMILES string of the molecule is COc1cccc(-c2nc(COCC3CCCC(NC(=O)C(CC(N)=O)NC(=O)OCc4ccccc4)C3)c(C)o2)c1. The van der Waals surface area contributed by atoms with Crippen LogP contribution in [-0.4, -0.2) is 48.7 Å². The predicted molar refractivity (Wildman–Crippen MR) is 154 cm³/mol. The highest BCUT2D eigenvalue weighted by Gasteiger charge is 2.29. The van der Waals surface area contributed by atoms with E-state index in [-0.39, 0.29) is 25.0 Å². The number of primary amides is 1. The van der Waals surface area contributed by atoms with Crippen LogP contribution < -0.4 is 21.1 Å². The van der Waals surface area contributed by atoms with E-state index in [1.807, 2.05) is 61.5 Å². The molecule has 1 aromatic heterocycles. The molecular formula is C31H38N4O7. The van der Waals surface area contributed by atoms with Gasteiger partial charge < -0.3 is 35.0 Å². The fraction of sp³-hybridized carbons (Fsp3) is 0.419. The first kappa shape index (κ1) is 30.6. The van der Waals surface area contributed by atoms with Gasteiger partial charge in [0, 0.05) is 18.2 Å². The van der Waals surface area contributed by atoms with E-state index in [9.17, 15) is 14.4 Å². The molecule has 11 nitrogen and oxygen atoms in total. The van der Waals surface area contributed by atoms with Gasteiger partial charge in [0.05, 0.1) is 20.1 Å². The lowest BCUT2D eigenvalue weighted by molar-refractivity contribution is -0.127. The zero-order chi connectivity index (χ0) is 29.9. The lowest BCUT2D eigenvalue weighted by atomic mass is 9.86. The molecule has 0 spiro atoms. The molecule has 1 aliphatic carbocycles. The molecule has 0 bridgehead atoms. The average Bonchev–Trinajstić information content (AvgIpc) is 3.36. The van der Waals surface area contributed by atoms with Crippen LogP contribution in [0.5, 0.6) is 5.75 Å². The topological polar surface area (TPSA) is 155 Å².